The second kappa shape index (κ2) is 15.6. The molecule has 352 valence electrons. The van der Waals surface area contributed by atoms with E-state index in [0.29, 0.717) is 12.3 Å². The molecule has 6 aliphatic carbocycles. The van der Waals surface area contributed by atoms with Crippen molar-refractivity contribution in [2.45, 2.75) is 158 Å². The zero-order valence-corrected chi connectivity index (χ0v) is 40.7. The Balaban J connectivity index is 1.05. The number of nitrogens with one attached hydrogen (secondary N) is 2. The lowest BCUT2D eigenvalue weighted by Gasteiger charge is -2.74. The van der Waals surface area contributed by atoms with E-state index in [2.05, 4.69) is 59.1 Å². The van der Waals surface area contributed by atoms with E-state index >= 15 is 0 Å². The average Bonchev–Trinajstić information content (AvgIpc) is 3.52. The predicted octanol–water partition coefficient (Wildman–Crippen LogP) is 10.7. The van der Waals surface area contributed by atoms with Gasteiger partial charge in [0.25, 0.3) is 5.91 Å². The second-order valence-electron chi connectivity index (χ2n) is 24.1. The molecule has 0 bridgehead atoms. The van der Waals surface area contributed by atoms with Crippen LogP contribution in [0.4, 0.5) is 4.39 Å². The van der Waals surface area contributed by atoms with Gasteiger partial charge in [-0.25, -0.2) is 4.39 Å². The molecule has 10 heteroatoms. The lowest BCUT2D eigenvalue weighted by atomic mass is 9.30. The summed E-state index contributed by atoms with van der Waals surface area (Å²) in [6, 6.07) is 14.8. The number of esters is 1. The Labute approximate surface area is 385 Å². The highest BCUT2D eigenvalue weighted by molar-refractivity contribution is 6.03. The topological polar surface area (TPSA) is 139 Å². The van der Waals surface area contributed by atoms with Crippen LogP contribution in [0, 0.1) is 73.8 Å². The Morgan fingerprint density at radius 3 is 2.08 bits per heavy atom. The SMILES string of the molecule is CC(C)C1=C2[C@H]3CC[C@@H]4[C@]5(C)CC[C@H]([C@@]6(C(=O)O)C[C@@H](C(=O)OCc7ccccc7)C6(C)C)C(C)(C)[C@H]5CC[C@@]4(C)[C@]3(C)CC[C@@]2(NC(=O)C(C)(C)NC(=O)c2ccc(F)cc2)CC1=O. The first-order valence-electron chi connectivity index (χ1n) is 24.4. The molecule has 0 saturated heterocycles. The van der Waals surface area contributed by atoms with Crippen molar-refractivity contribution >= 4 is 29.5 Å². The van der Waals surface area contributed by atoms with Gasteiger partial charge in [0, 0.05) is 12.0 Å². The average molecular weight is 893 g/mol. The first-order chi connectivity index (χ1) is 30.2. The van der Waals surface area contributed by atoms with E-state index < -0.39 is 45.5 Å². The van der Waals surface area contributed by atoms with Gasteiger partial charge in [-0.2, -0.15) is 0 Å². The summed E-state index contributed by atoms with van der Waals surface area (Å²) in [5.74, 6) is -2.25. The minimum absolute atomic E-state index is 0.0256. The Kier molecular flexibility index (Phi) is 11.3. The molecule has 5 fully saturated rings. The molecule has 65 heavy (non-hydrogen) atoms. The highest BCUT2D eigenvalue weighted by Gasteiger charge is 2.76. The van der Waals surface area contributed by atoms with Crippen LogP contribution in [0.15, 0.2) is 65.7 Å². The van der Waals surface area contributed by atoms with Gasteiger partial charge in [0.05, 0.1) is 16.9 Å². The molecule has 9 nitrogen and oxygen atoms in total. The van der Waals surface area contributed by atoms with Crippen molar-refractivity contribution in [3.05, 3.63) is 82.7 Å². The van der Waals surface area contributed by atoms with E-state index in [0.717, 1.165) is 61.7 Å². The third kappa shape index (κ3) is 6.81. The number of allylic oxidation sites excluding steroid dienone is 1. The monoisotopic (exact) mass is 893 g/mol. The van der Waals surface area contributed by atoms with Crippen LogP contribution in [0.1, 0.15) is 156 Å². The van der Waals surface area contributed by atoms with Gasteiger partial charge in [0.1, 0.15) is 18.0 Å². The number of carboxylic acid groups (broad SMARTS) is 1. The van der Waals surface area contributed by atoms with Gasteiger partial charge >= 0.3 is 11.9 Å². The largest absolute Gasteiger partial charge is 0.481 e. The molecule has 3 N–H and O–H groups in total. The Bertz CT molecular complexity index is 2320. The highest BCUT2D eigenvalue weighted by atomic mass is 19.1. The third-order valence-electron chi connectivity index (χ3n) is 19.9. The number of halogens is 1. The Hall–Kier alpha value is -4.34. The summed E-state index contributed by atoms with van der Waals surface area (Å²) in [6.45, 7) is 23.7. The van der Waals surface area contributed by atoms with Crippen LogP contribution in [0.5, 0.6) is 0 Å². The fraction of sp³-hybridized carbons (Fsp3) is 0.655. The number of hydrogen-bond donors (Lipinski definition) is 3. The van der Waals surface area contributed by atoms with Crippen LogP contribution in [-0.2, 0) is 30.5 Å². The number of ketones is 1. The number of aliphatic carboxylic acids is 1. The fourth-order valence-corrected chi connectivity index (χ4v) is 16.4. The molecule has 2 aromatic carbocycles. The normalized spacial score (nSPS) is 36.9. The zero-order valence-electron chi connectivity index (χ0n) is 40.7. The summed E-state index contributed by atoms with van der Waals surface area (Å²) in [4.78, 5) is 69.4. The van der Waals surface area contributed by atoms with Crippen LogP contribution < -0.4 is 10.6 Å². The van der Waals surface area contributed by atoms with Crippen LogP contribution in [0.25, 0.3) is 0 Å². The van der Waals surface area contributed by atoms with E-state index in [1.807, 2.05) is 44.2 Å². The summed E-state index contributed by atoms with van der Waals surface area (Å²) in [7, 11) is 0. The third-order valence-corrected chi connectivity index (χ3v) is 19.9. The summed E-state index contributed by atoms with van der Waals surface area (Å²) in [5, 5.41) is 17.6. The minimum atomic E-state index is -1.32. The molecule has 0 radical (unpaired) electrons. The number of carbonyl (C=O) groups is 5. The number of carbonyl (C=O) groups excluding carboxylic acids is 4. The maximum Gasteiger partial charge on any atom is 0.310 e. The molecule has 0 aromatic heterocycles. The molecule has 0 heterocycles. The number of Topliss-reactive ketones (excluding diaryl/α,β-unsaturated/α-hetero) is 1. The number of amides is 2. The highest BCUT2D eigenvalue weighted by Crippen LogP contribution is 2.79. The van der Waals surface area contributed by atoms with Crippen LogP contribution in [0.2, 0.25) is 0 Å². The molecular formula is C55H73FN2O7. The van der Waals surface area contributed by atoms with Crippen molar-refractivity contribution in [1.29, 1.82) is 0 Å². The Morgan fingerprint density at radius 2 is 1.46 bits per heavy atom. The van der Waals surface area contributed by atoms with E-state index in [1.165, 1.54) is 24.3 Å². The molecular weight excluding hydrogens is 820 g/mol. The number of benzene rings is 2. The van der Waals surface area contributed by atoms with Gasteiger partial charge in [-0.05, 0) is 169 Å². The minimum Gasteiger partial charge on any atom is -0.481 e. The van der Waals surface area contributed by atoms with Gasteiger partial charge in [-0.15, -0.1) is 0 Å². The number of carboxylic acids is 1. The van der Waals surface area contributed by atoms with Gasteiger partial charge in [0.15, 0.2) is 5.78 Å². The lowest BCUT2D eigenvalue weighted by Crippen LogP contribution is -2.71. The summed E-state index contributed by atoms with van der Waals surface area (Å²) in [6.07, 6.45) is 7.44. The van der Waals surface area contributed by atoms with Crippen molar-refractivity contribution in [3.63, 3.8) is 0 Å². The molecule has 10 atom stereocenters. The van der Waals surface area contributed by atoms with Crippen molar-refractivity contribution in [2.24, 2.45) is 68.0 Å². The van der Waals surface area contributed by atoms with Crippen molar-refractivity contribution < 1.29 is 38.2 Å². The van der Waals surface area contributed by atoms with E-state index in [9.17, 15) is 33.5 Å². The van der Waals surface area contributed by atoms with E-state index in [1.54, 1.807) is 13.8 Å². The molecule has 0 aliphatic heterocycles. The summed E-state index contributed by atoms with van der Waals surface area (Å²) < 4.78 is 19.5. The molecule has 2 aromatic rings. The number of hydrogen-bond acceptors (Lipinski definition) is 6. The number of ether oxygens (including phenoxy) is 1. The van der Waals surface area contributed by atoms with Gasteiger partial charge in [-0.1, -0.05) is 92.6 Å². The van der Waals surface area contributed by atoms with E-state index in [4.69, 9.17) is 4.74 Å². The van der Waals surface area contributed by atoms with Crippen LogP contribution in [-0.4, -0.2) is 45.7 Å². The molecule has 6 aliphatic rings. The molecule has 8 rings (SSSR count). The fourth-order valence-electron chi connectivity index (χ4n) is 16.4. The molecule has 0 spiro atoms. The van der Waals surface area contributed by atoms with Crippen LogP contribution in [0.3, 0.4) is 0 Å². The number of rotatable bonds is 10. The first kappa shape index (κ1) is 47.2. The standard InChI is InChI=1S/C55H73FN2O7/c1-32(2)42-38(59)30-54(58-46(62)50(7,8)57-44(60)34-17-19-35(56)20-18-34)28-27-52(10)36(43(42)54)21-22-41-51(9)25-23-40(48(3,4)39(51)24-26-53(41,52)11)55(47(63)64)29-37(49(55,5)6)45(61)65-31-33-15-13-12-14-16-33/h12-20,32,36-37,39-41H,21-31H2,1-11H3,(H,57,60)(H,58,62)(H,63,64)/t36-,37+,39-,40+,41-,51-,52-,53-,54-,55-/m1/s1. The summed E-state index contributed by atoms with van der Waals surface area (Å²) in [5.41, 5.74) is -1.57. The van der Waals surface area contributed by atoms with Crippen molar-refractivity contribution in [1.82, 2.24) is 10.6 Å². The van der Waals surface area contributed by atoms with E-state index in [-0.39, 0.29) is 88.0 Å². The predicted molar refractivity (Wildman–Crippen MR) is 247 cm³/mol. The quantitative estimate of drug-likeness (QED) is 0.202. The zero-order chi connectivity index (χ0) is 47.5. The van der Waals surface area contributed by atoms with Gasteiger partial charge < -0.3 is 20.5 Å². The van der Waals surface area contributed by atoms with Crippen molar-refractivity contribution in [3.8, 4) is 0 Å². The smallest absolute Gasteiger partial charge is 0.310 e. The lowest BCUT2D eigenvalue weighted by molar-refractivity contribution is -0.261. The number of fused-ring (bicyclic) bond motifs is 7. The second-order valence-corrected chi connectivity index (χ2v) is 24.1. The van der Waals surface area contributed by atoms with Crippen LogP contribution >= 0.6 is 0 Å². The maximum absolute atomic E-state index is 14.4. The van der Waals surface area contributed by atoms with Crippen molar-refractivity contribution in [2.75, 3.05) is 0 Å². The van der Waals surface area contributed by atoms with Gasteiger partial charge in [-0.3, -0.25) is 24.0 Å². The molecule has 5 saturated carbocycles. The maximum atomic E-state index is 14.4. The Morgan fingerprint density at radius 1 is 0.815 bits per heavy atom. The molecule has 2 amide bonds. The first-order valence-corrected chi connectivity index (χ1v) is 24.4. The summed E-state index contributed by atoms with van der Waals surface area (Å²) >= 11 is 0. The van der Waals surface area contributed by atoms with Gasteiger partial charge in [0.2, 0.25) is 5.91 Å². The molecule has 0 unspecified atom stereocenters.